The van der Waals surface area contributed by atoms with Gasteiger partial charge in [-0.2, -0.15) is 0 Å². The second-order valence-corrected chi connectivity index (χ2v) is 14.3. The van der Waals surface area contributed by atoms with Gasteiger partial charge in [-0.3, -0.25) is 14.4 Å². The van der Waals surface area contributed by atoms with E-state index < -0.39 is 14.2 Å². The number of hydrogen-bond donors (Lipinski definition) is 4. The molecule has 0 saturated carbocycles. The lowest BCUT2D eigenvalue weighted by molar-refractivity contribution is -0.126. The topological polar surface area (TPSA) is 163 Å². The molecule has 2 aromatic carbocycles. The second kappa shape index (κ2) is 19.5. The highest BCUT2D eigenvalue weighted by molar-refractivity contribution is 7.41. The fraction of sp³-hybridized carbons (Fsp3) is 0.515. The van der Waals surface area contributed by atoms with E-state index in [2.05, 4.69) is 20.0 Å². The molecular weight excluding hydrogens is 654 g/mol. The Kier molecular flexibility index (Phi) is 16.1. The maximum atomic E-state index is 13.7. The van der Waals surface area contributed by atoms with Crippen LogP contribution in [0.2, 0.25) is 0 Å². The van der Waals surface area contributed by atoms with E-state index in [-0.39, 0.29) is 49.8 Å². The first-order chi connectivity index (χ1) is 22.8. The zero-order valence-corrected chi connectivity index (χ0v) is 30.9. The number of nitrogens with one attached hydrogen (secondary N) is 2. The third kappa shape index (κ3) is 12.0. The number of ether oxygens (including phenoxy) is 1. The Labute approximate surface area is 288 Å². The van der Waals surface area contributed by atoms with Gasteiger partial charge in [0.25, 0.3) is 0 Å². The highest BCUT2D eigenvalue weighted by Crippen LogP contribution is 2.40. The highest BCUT2D eigenvalue weighted by atomic mass is 31.2. The first kappa shape index (κ1) is 39.7. The van der Waals surface area contributed by atoms with Crippen LogP contribution in [-0.2, 0) is 39.3 Å². The van der Waals surface area contributed by atoms with E-state index in [0.717, 1.165) is 16.7 Å². The minimum Gasteiger partial charge on any atom is -0.396 e. The number of carbonyl (C=O) groups is 2. The molecule has 0 bridgehead atoms. The molecule has 13 nitrogen and oxygen atoms in total. The number of rotatable bonds is 19. The van der Waals surface area contributed by atoms with Crippen LogP contribution in [0.4, 0.5) is 5.69 Å². The summed E-state index contributed by atoms with van der Waals surface area (Å²) >= 11 is 0. The number of nitrogens with two attached hydrogens (primary N) is 2. The molecule has 0 radical (unpaired) electrons. The van der Waals surface area contributed by atoms with Crippen LogP contribution in [0.3, 0.4) is 0 Å². The lowest BCUT2D eigenvalue weighted by atomic mass is 9.95. The second-order valence-electron chi connectivity index (χ2n) is 12.1. The maximum absolute atomic E-state index is 13.7. The molecule has 266 valence electrons. The Bertz CT molecular complexity index is 1380. The van der Waals surface area contributed by atoms with E-state index >= 15 is 0 Å². The van der Waals surface area contributed by atoms with E-state index in [1.165, 1.54) is 0 Å². The smallest absolute Gasteiger partial charge is 0.332 e. The third-order valence-electron chi connectivity index (χ3n) is 7.19. The molecule has 1 aliphatic heterocycles. The quantitative estimate of drug-likeness (QED) is 0.0716. The average Bonchev–Trinajstić information content (AvgIpc) is 3.05. The summed E-state index contributed by atoms with van der Waals surface area (Å²) in [6, 6.07) is 15.3. The van der Waals surface area contributed by atoms with Crippen LogP contribution in [-0.4, -0.2) is 74.3 Å². The van der Waals surface area contributed by atoms with Crippen LogP contribution in [0.1, 0.15) is 64.2 Å². The van der Waals surface area contributed by atoms with Gasteiger partial charge in [-0.15, -0.1) is 9.24 Å². The fourth-order valence-corrected chi connectivity index (χ4v) is 5.81. The molecule has 3 rings (SSSR count). The summed E-state index contributed by atoms with van der Waals surface area (Å²) in [6.45, 7) is 11.5. The molecule has 48 heavy (non-hydrogen) atoms. The Hall–Kier alpha value is -2.70. The van der Waals surface area contributed by atoms with Crippen LogP contribution in [0.5, 0.6) is 0 Å². The van der Waals surface area contributed by atoms with Crippen molar-refractivity contribution < 1.29 is 32.7 Å². The van der Waals surface area contributed by atoms with Crippen LogP contribution >= 0.6 is 17.8 Å². The summed E-state index contributed by atoms with van der Waals surface area (Å²) in [4.78, 5) is 33.7. The van der Waals surface area contributed by atoms with Crippen molar-refractivity contribution in [1.29, 1.82) is 0 Å². The van der Waals surface area contributed by atoms with Crippen molar-refractivity contribution in [3.05, 3.63) is 65.2 Å². The SMILES string of the molecule is COP(OCCNOCC(C)(C)OCCNC(=O)CCC(=O)N1Cc2ccccc2/C(N)=C(/N(N)C(C)P)c2ccccc21)OC(C)C. The van der Waals surface area contributed by atoms with E-state index in [0.29, 0.717) is 43.3 Å². The maximum Gasteiger partial charge on any atom is 0.332 e. The molecule has 6 N–H and O–H groups in total. The number of amides is 2. The lowest BCUT2D eigenvalue weighted by Crippen LogP contribution is -2.39. The van der Waals surface area contributed by atoms with Gasteiger partial charge in [0.2, 0.25) is 11.8 Å². The van der Waals surface area contributed by atoms with Crippen molar-refractivity contribution in [2.45, 2.75) is 71.5 Å². The average molecular weight is 707 g/mol. The zero-order valence-electron chi connectivity index (χ0n) is 28.9. The van der Waals surface area contributed by atoms with Gasteiger partial charge in [-0.1, -0.05) is 42.5 Å². The van der Waals surface area contributed by atoms with Gasteiger partial charge in [0, 0.05) is 44.2 Å². The summed E-state index contributed by atoms with van der Waals surface area (Å²) in [6.07, 6.45) is 0.0624. The number of benzene rings is 2. The van der Waals surface area contributed by atoms with Gasteiger partial charge >= 0.3 is 8.60 Å². The van der Waals surface area contributed by atoms with Crippen molar-refractivity contribution in [3.8, 4) is 0 Å². The molecule has 0 aliphatic carbocycles. The van der Waals surface area contributed by atoms with Crippen molar-refractivity contribution in [1.82, 2.24) is 15.8 Å². The molecule has 0 aromatic heterocycles. The van der Waals surface area contributed by atoms with Crippen molar-refractivity contribution >= 4 is 46.7 Å². The molecule has 3 atom stereocenters. The van der Waals surface area contributed by atoms with E-state index in [1.807, 2.05) is 83.1 Å². The first-order valence-electron chi connectivity index (χ1n) is 16.0. The number of para-hydroxylation sites is 1. The normalized spacial score (nSPS) is 16.1. The minimum atomic E-state index is -1.38. The molecule has 0 saturated heterocycles. The van der Waals surface area contributed by atoms with E-state index in [9.17, 15) is 9.59 Å². The summed E-state index contributed by atoms with van der Waals surface area (Å²) in [7, 11) is 2.84. The van der Waals surface area contributed by atoms with Crippen molar-refractivity contribution in [2.24, 2.45) is 11.6 Å². The number of carbonyl (C=O) groups excluding carboxylic acids is 2. The summed E-state index contributed by atoms with van der Waals surface area (Å²) in [5, 5.41) is 4.44. The number of hydroxylamine groups is 1. The predicted octanol–water partition coefficient (Wildman–Crippen LogP) is 4.24. The van der Waals surface area contributed by atoms with Gasteiger partial charge in [-0.25, -0.2) is 11.3 Å². The van der Waals surface area contributed by atoms with Crippen molar-refractivity contribution in [3.63, 3.8) is 0 Å². The Balaban J connectivity index is 1.50. The predicted molar refractivity (Wildman–Crippen MR) is 193 cm³/mol. The first-order valence-corrected chi connectivity index (χ1v) is 17.8. The Morgan fingerprint density at radius 1 is 1.04 bits per heavy atom. The summed E-state index contributed by atoms with van der Waals surface area (Å²) < 4.78 is 22.1. The number of fused-ring (bicyclic) bond motifs is 2. The van der Waals surface area contributed by atoms with Crippen LogP contribution in [0.15, 0.2) is 48.5 Å². The standard InChI is InChI=1S/C33H52N6O7P2/c1-23(2)46-48(42-6)45-20-18-37-44-22-33(4,5)43-19-17-36-29(40)15-16-30(41)38-21-25-11-7-8-12-26(25)31(34)32(39(35)24(3)47)27-13-9-10-14-28(27)38/h7-14,23-24,37H,15-22,34-35,47H2,1-6H3,(H,36,40)/b32-31-. The summed E-state index contributed by atoms with van der Waals surface area (Å²) in [5.41, 5.74) is 13.3. The molecule has 3 unspecified atom stereocenters. The van der Waals surface area contributed by atoms with Crippen LogP contribution in [0.25, 0.3) is 11.4 Å². The molecule has 2 aromatic rings. The molecule has 15 heteroatoms. The number of hydrazine groups is 1. The molecule has 0 spiro atoms. The van der Waals surface area contributed by atoms with Gasteiger partial charge in [-0.05, 0) is 46.2 Å². The fourth-order valence-electron chi connectivity index (χ4n) is 4.82. The molecular formula is C33H52N6O7P2. The zero-order chi connectivity index (χ0) is 35.3. The Morgan fingerprint density at radius 3 is 2.42 bits per heavy atom. The third-order valence-corrected chi connectivity index (χ3v) is 8.80. The van der Waals surface area contributed by atoms with Gasteiger partial charge in [0.15, 0.2) is 0 Å². The highest BCUT2D eigenvalue weighted by Gasteiger charge is 2.29. The number of nitrogens with zero attached hydrogens (tertiary/aromatic N) is 2. The van der Waals surface area contributed by atoms with Crippen LogP contribution < -0.4 is 27.3 Å². The van der Waals surface area contributed by atoms with E-state index in [4.69, 9.17) is 34.7 Å². The largest absolute Gasteiger partial charge is 0.396 e. The van der Waals surface area contributed by atoms with Crippen molar-refractivity contribution in [2.75, 3.05) is 44.9 Å². The monoisotopic (exact) mass is 706 g/mol. The number of anilines is 1. The minimum absolute atomic E-state index is 0.0105. The molecule has 2 amide bonds. The van der Waals surface area contributed by atoms with Crippen LogP contribution in [0, 0.1) is 0 Å². The molecule has 0 fully saturated rings. The molecule has 1 aliphatic rings. The van der Waals surface area contributed by atoms with Gasteiger partial charge in [0.05, 0.1) is 60.9 Å². The lowest BCUT2D eigenvalue weighted by Gasteiger charge is -2.34. The molecule has 1 heterocycles. The Morgan fingerprint density at radius 2 is 1.73 bits per heavy atom. The van der Waals surface area contributed by atoms with E-state index in [1.54, 1.807) is 17.0 Å². The van der Waals surface area contributed by atoms with Gasteiger partial charge in [0.1, 0.15) is 0 Å². The summed E-state index contributed by atoms with van der Waals surface area (Å²) in [5.74, 6) is 5.98. The number of hydrogen-bond acceptors (Lipinski definition) is 11. The van der Waals surface area contributed by atoms with Gasteiger partial charge < -0.3 is 39.3 Å².